The van der Waals surface area contributed by atoms with Crippen LogP contribution in [0.3, 0.4) is 0 Å². The molecule has 10 nitrogen and oxygen atoms in total. The fourth-order valence-electron chi connectivity index (χ4n) is 3.41. The highest BCUT2D eigenvalue weighted by Gasteiger charge is 2.54. The number of rotatable bonds is 6. The number of allylic oxidation sites excluding steroid dienone is 1. The molecule has 166 valence electrons. The number of carboxylic acids is 1. The van der Waals surface area contributed by atoms with Gasteiger partial charge in [-0.25, -0.2) is 9.78 Å². The maximum atomic E-state index is 12.7. The zero-order valence-electron chi connectivity index (χ0n) is 16.3. The minimum Gasteiger partial charge on any atom is -0.618 e. The average molecular weight is 492 g/mol. The van der Waals surface area contributed by atoms with E-state index in [9.17, 15) is 24.7 Å². The Hall–Kier alpha value is -3.03. The quantitative estimate of drug-likeness (QED) is 0.198. The second kappa shape index (κ2) is 8.84. The van der Waals surface area contributed by atoms with Crippen LogP contribution >= 0.6 is 35.7 Å². The molecular weight excluding hydrogens is 474 g/mol. The van der Waals surface area contributed by atoms with Crippen molar-refractivity contribution < 1.29 is 24.2 Å². The third kappa shape index (κ3) is 4.18. The van der Waals surface area contributed by atoms with E-state index >= 15 is 0 Å². The molecule has 1 fully saturated rings. The van der Waals surface area contributed by atoms with E-state index in [1.807, 2.05) is 0 Å². The Bertz CT molecular complexity index is 1180. The summed E-state index contributed by atoms with van der Waals surface area (Å²) in [6.07, 6.45) is 2.76. The van der Waals surface area contributed by atoms with Crippen LogP contribution in [0, 0.1) is 5.21 Å². The van der Waals surface area contributed by atoms with Gasteiger partial charge in [-0.3, -0.25) is 14.5 Å². The summed E-state index contributed by atoms with van der Waals surface area (Å²) in [7, 11) is 0. The Morgan fingerprint density at radius 1 is 1.47 bits per heavy atom. The number of nitrogens with zero attached hydrogens (tertiary/aromatic N) is 3. The number of fused-ring (bicyclic) bond motifs is 1. The first-order valence-corrected chi connectivity index (χ1v) is 11.6. The van der Waals surface area contributed by atoms with Gasteiger partial charge in [0.15, 0.2) is 11.3 Å². The van der Waals surface area contributed by atoms with Crippen molar-refractivity contribution in [3.63, 3.8) is 0 Å². The molecule has 13 heteroatoms. The fourth-order valence-corrected chi connectivity index (χ4v) is 5.61. The minimum absolute atomic E-state index is 0.0280. The van der Waals surface area contributed by atoms with E-state index in [2.05, 4.69) is 22.9 Å². The summed E-state index contributed by atoms with van der Waals surface area (Å²) in [5, 5.41) is 25.8. The summed E-state index contributed by atoms with van der Waals surface area (Å²) < 4.78 is 0.620. The van der Waals surface area contributed by atoms with Gasteiger partial charge in [-0.2, -0.15) is 4.73 Å². The highest BCUT2D eigenvalue weighted by molar-refractivity contribution is 8.00. The van der Waals surface area contributed by atoms with Crippen molar-refractivity contribution in [3.8, 4) is 0 Å². The van der Waals surface area contributed by atoms with E-state index in [1.165, 1.54) is 35.4 Å². The smallest absolute Gasteiger partial charge is 0.352 e. The van der Waals surface area contributed by atoms with E-state index in [0.29, 0.717) is 21.1 Å². The van der Waals surface area contributed by atoms with Gasteiger partial charge in [-0.15, -0.1) is 35.7 Å². The number of thiol groups is 1. The molecule has 4 N–H and O–H groups in total. The van der Waals surface area contributed by atoms with Crippen LogP contribution in [0.25, 0.3) is 4.91 Å². The number of carboxylic acid groups (broad SMARTS) is 1. The number of carbonyl (C=O) groups is 3. The van der Waals surface area contributed by atoms with Crippen LogP contribution in [0.2, 0.25) is 0 Å². The number of amides is 2. The van der Waals surface area contributed by atoms with Crippen LogP contribution in [-0.2, 0) is 20.8 Å². The third-order valence-electron chi connectivity index (χ3n) is 4.83. The minimum atomic E-state index is -1.28. The molecule has 2 atom stereocenters. The SMILES string of the molecule is Nc1nc(CC(=O)NC2C(=O)N3C(C(=O)O)=C(C=C(S)c4cccc[n+]4[O-])CSC23)cs1. The number of aliphatic carboxylic acids is 1. The Kier molecular flexibility index (Phi) is 6.13. The molecule has 2 unspecified atom stereocenters. The number of nitrogen functional groups attached to an aromatic ring is 1. The van der Waals surface area contributed by atoms with Crippen LogP contribution in [0.4, 0.5) is 5.13 Å². The number of hydrogen-bond acceptors (Lipinski definition) is 9. The first-order valence-electron chi connectivity index (χ1n) is 9.26. The maximum absolute atomic E-state index is 12.7. The van der Waals surface area contributed by atoms with Crippen LogP contribution in [-0.4, -0.2) is 49.9 Å². The van der Waals surface area contributed by atoms with Gasteiger partial charge >= 0.3 is 5.97 Å². The summed E-state index contributed by atoms with van der Waals surface area (Å²) in [4.78, 5) is 42.5. The van der Waals surface area contributed by atoms with E-state index in [4.69, 9.17) is 5.73 Å². The molecule has 2 aliphatic rings. The molecule has 32 heavy (non-hydrogen) atoms. The van der Waals surface area contributed by atoms with Crippen LogP contribution < -0.4 is 15.8 Å². The van der Waals surface area contributed by atoms with Gasteiger partial charge in [0.05, 0.1) is 17.0 Å². The van der Waals surface area contributed by atoms with Gasteiger partial charge in [0.25, 0.3) is 5.91 Å². The number of thioether (sulfide) groups is 1. The molecule has 2 aliphatic heterocycles. The van der Waals surface area contributed by atoms with Gasteiger partial charge in [0.2, 0.25) is 11.6 Å². The van der Waals surface area contributed by atoms with Crippen molar-refractivity contribution in [2.75, 3.05) is 11.5 Å². The Morgan fingerprint density at radius 2 is 2.25 bits per heavy atom. The van der Waals surface area contributed by atoms with Gasteiger partial charge in [0, 0.05) is 23.3 Å². The molecule has 0 saturated carbocycles. The second-order valence-electron chi connectivity index (χ2n) is 6.93. The van der Waals surface area contributed by atoms with E-state index in [-0.39, 0.29) is 28.5 Å². The van der Waals surface area contributed by atoms with E-state index in [1.54, 1.807) is 23.6 Å². The predicted octanol–water partition coefficient (Wildman–Crippen LogP) is 0.611. The third-order valence-corrected chi connectivity index (χ3v) is 7.21. The first kappa shape index (κ1) is 22.2. The molecule has 1 saturated heterocycles. The van der Waals surface area contributed by atoms with Crippen molar-refractivity contribution in [3.05, 3.63) is 63.7 Å². The van der Waals surface area contributed by atoms with Crippen molar-refractivity contribution in [1.82, 2.24) is 15.2 Å². The number of hydrogen-bond donors (Lipinski definition) is 4. The van der Waals surface area contributed by atoms with E-state index < -0.39 is 29.2 Å². The molecule has 0 bridgehead atoms. The van der Waals surface area contributed by atoms with Gasteiger partial charge in [-0.05, 0) is 17.7 Å². The van der Waals surface area contributed by atoms with Crippen molar-refractivity contribution >= 4 is 63.5 Å². The molecule has 0 aromatic carbocycles. The fraction of sp³-hybridized carbons (Fsp3) is 0.211. The second-order valence-corrected chi connectivity index (χ2v) is 9.41. The summed E-state index contributed by atoms with van der Waals surface area (Å²) in [6, 6.07) is 3.95. The lowest BCUT2D eigenvalue weighted by Gasteiger charge is -2.49. The largest absolute Gasteiger partial charge is 0.618 e. The summed E-state index contributed by atoms with van der Waals surface area (Å²) in [5.74, 6) is -1.93. The molecule has 0 aliphatic carbocycles. The number of aromatic nitrogens is 2. The van der Waals surface area contributed by atoms with Gasteiger partial charge in [0.1, 0.15) is 17.1 Å². The standard InChI is InChI=1S/C19H17N5O5S3/c20-19-21-10(8-32-19)6-13(25)22-14-16(26)24-15(18(27)28)9(7-31-17(14)24)5-12(30)11-3-1-2-4-23(11)29/h1-5,8,14,17,30H,6-7H2,(H2,20,21)(H,22,25)(H,27,28). The predicted molar refractivity (Wildman–Crippen MR) is 122 cm³/mol. The van der Waals surface area contributed by atoms with Gasteiger partial charge in [-0.1, -0.05) is 0 Å². The molecular formula is C19H17N5O5S3. The topological polar surface area (TPSA) is 153 Å². The molecule has 0 spiro atoms. The number of carbonyl (C=O) groups excluding carboxylic acids is 2. The Labute approximate surface area is 195 Å². The van der Waals surface area contributed by atoms with Crippen molar-refractivity contribution in [2.45, 2.75) is 17.8 Å². The number of thiazole rings is 1. The summed E-state index contributed by atoms with van der Waals surface area (Å²) >= 11 is 6.88. The summed E-state index contributed by atoms with van der Waals surface area (Å²) in [6.45, 7) is 0. The molecule has 0 radical (unpaired) electrons. The highest BCUT2D eigenvalue weighted by atomic mass is 32.2. The molecule has 2 aromatic rings. The van der Waals surface area contributed by atoms with Gasteiger partial charge < -0.3 is 21.4 Å². The van der Waals surface area contributed by atoms with Crippen molar-refractivity contribution in [1.29, 1.82) is 0 Å². The number of nitrogens with two attached hydrogens (primary N) is 1. The zero-order valence-corrected chi connectivity index (χ0v) is 18.8. The number of pyridine rings is 1. The van der Waals surface area contributed by atoms with Crippen LogP contribution in [0.15, 0.2) is 47.1 Å². The Balaban J connectivity index is 1.53. The zero-order chi connectivity index (χ0) is 23.0. The van der Waals surface area contributed by atoms with Crippen LogP contribution in [0.5, 0.6) is 0 Å². The molecule has 2 amide bonds. The highest BCUT2D eigenvalue weighted by Crippen LogP contribution is 2.41. The molecule has 4 heterocycles. The molecule has 2 aromatic heterocycles. The Morgan fingerprint density at radius 3 is 2.91 bits per heavy atom. The maximum Gasteiger partial charge on any atom is 0.352 e. The molecule has 4 rings (SSSR count). The lowest BCUT2D eigenvalue weighted by molar-refractivity contribution is -0.607. The number of anilines is 1. The van der Waals surface area contributed by atoms with E-state index in [0.717, 1.165) is 4.90 Å². The lowest BCUT2D eigenvalue weighted by atomic mass is 10.0. The number of β-lactam (4-membered cyclic amide) rings is 1. The van der Waals surface area contributed by atoms with Crippen molar-refractivity contribution in [2.24, 2.45) is 0 Å². The number of nitrogens with one attached hydrogen (secondary N) is 1. The normalized spacial score (nSPS) is 20.6. The lowest BCUT2D eigenvalue weighted by Crippen LogP contribution is -2.70. The summed E-state index contributed by atoms with van der Waals surface area (Å²) in [5.41, 5.74) is 6.48. The van der Waals surface area contributed by atoms with Crippen LogP contribution in [0.1, 0.15) is 11.4 Å². The first-order chi connectivity index (χ1) is 15.3. The monoisotopic (exact) mass is 491 g/mol. The average Bonchev–Trinajstić information content (AvgIpc) is 3.16.